The average molecular weight is 392 g/mol. The second-order valence-electron chi connectivity index (χ2n) is 8.18. The van der Waals surface area contributed by atoms with Crippen LogP contribution in [0.15, 0.2) is 30.3 Å². The van der Waals surface area contributed by atoms with Gasteiger partial charge in [0.05, 0.1) is 25.4 Å². The van der Waals surface area contributed by atoms with Crippen LogP contribution in [-0.4, -0.2) is 55.6 Å². The fourth-order valence-electron chi connectivity index (χ4n) is 2.86. The first-order valence-corrected chi connectivity index (χ1v) is 9.76. The molecule has 1 aliphatic heterocycles. The smallest absolute Gasteiger partial charge is 0.407 e. The van der Waals surface area contributed by atoms with E-state index >= 15 is 0 Å². The van der Waals surface area contributed by atoms with Gasteiger partial charge in [-0.05, 0) is 39.2 Å². The van der Waals surface area contributed by atoms with Crippen molar-refractivity contribution in [2.75, 3.05) is 26.4 Å². The van der Waals surface area contributed by atoms with E-state index in [1.54, 1.807) is 0 Å². The molecule has 0 saturated carbocycles. The van der Waals surface area contributed by atoms with E-state index in [9.17, 15) is 9.59 Å². The number of rotatable bonds is 9. The van der Waals surface area contributed by atoms with E-state index in [1.807, 2.05) is 58.0 Å². The molecule has 0 unspecified atom stereocenters. The third-order valence-corrected chi connectivity index (χ3v) is 4.22. The van der Waals surface area contributed by atoms with Crippen molar-refractivity contribution >= 4 is 12.1 Å². The summed E-state index contributed by atoms with van der Waals surface area (Å²) in [6, 6.07) is 9.24. The van der Waals surface area contributed by atoms with E-state index in [0.717, 1.165) is 12.0 Å². The number of nitrogens with one attached hydrogen (secondary N) is 2. The maximum Gasteiger partial charge on any atom is 0.407 e. The highest BCUT2D eigenvalue weighted by Gasteiger charge is 2.42. The number of hydrogen-bond acceptors (Lipinski definition) is 6. The van der Waals surface area contributed by atoms with Crippen molar-refractivity contribution in [1.29, 1.82) is 0 Å². The van der Waals surface area contributed by atoms with Gasteiger partial charge in [-0.1, -0.05) is 37.3 Å². The van der Waals surface area contributed by atoms with E-state index in [2.05, 4.69) is 10.6 Å². The molecule has 156 valence electrons. The monoisotopic (exact) mass is 392 g/mol. The van der Waals surface area contributed by atoms with Crippen LogP contribution in [0.1, 0.15) is 39.7 Å². The summed E-state index contributed by atoms with van der Waals surface area (Å²) in [5.74, 6) is -0.297. The SMILES string of the molecule is CCCOC(=O)[C@H](Cc1ccccc1)NC1(CNC(=O)OC(C)(C)C)COC1. The lowest BCUT2D eigenvalue weighted by Crippen LogP contribution is -2.69. The van der Waals surface area contributed by atoms with Gasteiger partial charge in [0.2, 0.25) is 0 Å². The molecule has 1 heterocycles. The number of hydrogen-bond donors (Lipinski definition) is 2. The molecular formula is C21H32N2O5. The fourth-order valence-corrected chi connectivity index (χ4v) is 2.86. The molecule has 28 heavy (non-hydrogen) atoms. The predicted octanol–water partition coefficient (Wildman–Crippen LogP) is 2.43. The van der Waals surface area contributed by atoms with Gasteiger partial charge in [-0.3, -0.25) is 10.1 Å². The quantitative estimate of drug-likeness (QED) is 0.628. The Kier molecular flexibility index (Phi) is 7.83. The first-order valence-electron chi connectivity index (χ1n) is 9.76. The molecule has 0 bridgehead atoms. The number of carbonyl (C=O) groups is 2. The van der Waals surface area contributed by atoms with Gasteiger partial charge in [0.25, 0.3) is 0 Å². The molecule has 7 nitrogen and oxygen atoms in total. The van der Waals surface area contributed by atoms with Crippen molar-refractivity contribution in [3.63, 3.8) is 0 Å². The summed E-state index contributed by atoms with van der Waals surface area (Å²) in [5.41, 5.74) is -0.0636. The maximum absolute atomic E-state index is 12.6. The van der Waals surface area contributed by atoms with Gasteiger partial charge in [0, 0.05) is 6.54 Å². The summed E-state index contributed by atoms with van der Waals surface area (Å²) in [7, 11) is 0. The molecule has 1 saturated heterocycles. The van der Waals surface area contributed by atoms with Crippen LogP contribution < -0.4 is 10.6 Å². The van der Waals surface area contributed by atoms with Crippen molar-refractivity contribution in [3.05, 3.63) is 35.9 Å². The van der Waals surface area contributed by atoms with E-state index in [1.165, 1.54) is 0 Å². The Hall–Kier alpha value is -2.12. The lowest BCUT2D eigenvalue weighted by atomic mass is 9.94. The van der Waals surface area contributed by atoms with Crippen LogP contribution in [0.3, 0.4) is 0 Å². The van der Waals surface area contributed by atoms with E-state index in [0.29, 0.717) is 32.8 Å². The van der Waals surface area contributed by atoms with Crippen molar-refractivity contribution in [2.24, 2.45) is 0 Å². The van der Waals surface area contributed by atoms with Crippen LogP contribution in [-0.2, 0) is 25.4 Å². The van der Waals surface area contributed by atoms with Crippen LogP contribution in [0.4, 0.5) is 4.79 Å². The normalized spacial score (nSPS) is 16.6. The molecular weight excluding hydrogens is 360 g/mol. The van der Waals surface area contributed by atoms with Crippen molar-refractivity contribution < 1.29 is 23.8 Å². The molecule has 1 aliphatic rings. The van der Waals surface area contributed by atoms with E-state index in [4.69, 9.17) is 14.2 Å². The van der Waals surface area contributed by atoms with E-state index in [-0.39, 0.29) is 5.97 Å². The van der Waals surface area contributed by atoms with Crippen LogP contribution in [0.2, 0.25) is 0 Å². The van der Waals surface area contributed by atoms with Gasteiger partial charge >= 0.3 is 12.1 Å². The zero-order chi connectivity index (χ0) is 20.6. The van der Waals surface area contributed by atoms with Gasteiger partial charge in [0.15, 0.2) is 0 Å². The molecule has 0 aromatic heterocycles. The van der Waals surface area contributed by atoms with Gasteiger partial charge in [-0.2, -0.15) is 0 Å². The zero-order valence-electron chi connectivity index (χ0n) is 17.2. The third kappa shape index (κ3) is 7.13. The zero-order valence-corrected chi connectivity index (χ0v) is 17.2. The Bertz CT molecular complexity index is 638. The summed E-state index contributed by atoms with van der Waals surface area (Å²) < 4.78 is 16.0. The summed E-state index contributed by atoms with van der Waals surface area (Å²) in [6.45, 7) is 8.87. The predicted molar refractivity (Wildman–Crippen MR) is 106 cm³/mol. The Balaban J connectivity index is 2.02. The number of ether oxygens (including phenoxy) is 3. The van der Waals surface area contributed by atoms with Crippen molar-refractivity contribution in [2.45, 2.75) is 57.7 Å². The minimum Gasteiger partial charge on any atom is -0.465 e. The molecule has 1 atom stereocenters. The first kappa shape index (κ1) is 22.2. The molecule has 1 amide bonds. The highest BCUT2D eigenvalue weighted by atomic mass is 16.6. The van der Waals surface area contributed by atoms with Gasteiger partial charge in [0.1, 0.15) is 11.6 Å². The summed E-state index contributed by atoms with van der Waals surface area (Å²) in [6.07, 6.45) is 0.768. The summed E-state index contributed by atoms with van der Waals surface area (Å²) in [4.78, 5) is 24.6. The number of alkyl carbamates (subject to hydrolysis) is 1. The number of carbonyl (C=O) groups excluding carboxylic acids is 2. The number of esters is 1. The third-order valence-electron chi connectivity index (χ3n) is 4.22. The standard InChI is InChI=1S/C21H32N2O5/c1-5-11-27-18(24)17(12-16-9-7-6-8-10-16)23-21(14-26-15-21)13-22-19(25)28-20(2,3)4/h6-10,17,23H,5,11-15H2,1-4H3,(H,22,25)/t17-/m0/s1. The fraction of sp³-hybridized carbons (Fsp3) is 0.619. The topological polar surface area (TPSA) is 85.9 Å². The largest absolute Gasteiger partial charge is 0.465 e. The van der Waals surface area contributed by atoms with Crippen molar-refractivity contribution in [1.82, 2.24) is 10.6 Å². The summed E-state index contributed by atoms with van der Waals surface area (Å²) in [5, 5.41) is 6.15. The van der Waals surface area contributed by atoms with Crippen LogP contribution in [0, 0.1) is 0 Å². The molecule has 2 rings (SSSR count). The molecule has 0 aliphatic carbocycles. The van der Waals surface area contributed by atoms with Gasteiger partial charge in [-0.25, -0.2) is 4.79 Å². The first-order chi connectivity index (χ1) is 13.2. The minimum atomic E-state index is -0.569. The number of amides is 1. The molecule has 0 spiro atoms. The number of benzene rings is 1. The molecule has 1 fully saturated rings. The Morgan fingerprint density at radius 3 is 2.43 bits per heavy atom. The van der Waals surface area contributed by atoms with Crippen LogP contribution >= 0.6 is 0 Å². The lowest BCUT2D eigenvalue weighted by Gasteiger charge is -2.44. The molecule has 0 radical (unpaired) electrons. The van der Waals surface area contributed by atoms with Gasteiger partial charge in [-0.15, -0.1) is 0 Å². The highest BCUT2D eigenvalue weighted by Crippen LogP contribution is 2.19. The maximum atomic E-state index is 12.6. The molecule has 2 N–H and O–H groups in total. The van der Waals surface area contributed by atoms with Crippen LogP contribution in [0.5, 0.6) is 0 Å². The van der Waals surface area contributed by atoms with E-state index < -0.39 is 23.3 Å². The minimum absolute atomic E-state index is 0.297. The second kappa shape index (κ2) is 9.89. The Morgan fingerprint density at radius 1 is 1.21 bits per heavy atom. The lowest BCUT2D eigenvalue weighted by molar-refractivity contribution is -0.149. The van der Waals surface area contributed by atoms with Gasteiger partial charge < -0.3 is 19.5 Å². The second-order valence-corrected chi connectivity index (χ2v) is 8.18. The summed E-state index contributed by atoms with van der Waals surface area (Å²) >= 11 is 0. The molecule has 1 aromatic rings. The Morgan fingerprint density at radius 2 is 1.89 bits per heavy atom. The molecule has 7 heteroatoms. The average Bonchev–Trinajstić information content (AvgIpc) is 2.60. The Labute approximate surface area is 167 Å². The molecule has 1 aromatic carbocycles. The van der Waals surface area contributed by atoms with Crippen LogP contribution in [0.25, 0.3) is 0 Å². The highest BCUT2D eigenvalue weighted by molar-refractivity contribution is 5.76. The van der Waals surface area contributed by atoms with Crippen molar-refractivity contribution in [3.8, 4) is 0 Å².